The number of carbonyl (C=O) groups excluding carboxylic acids is 1. The van der Waals surface area contributed by atoms with Gasteiger partial charge in [-0.3, -0.25) is 14.8 Å². The van der Waals surface area contributed by atoms with Crippen molar-refractivity contribution in [3.8, 4) is 17.5 Å². The van der Waals surface area contributed by atoms with E-state index >= 15 is 0 Å². The molecule has 0 saturated heterocycles. The van der Waals surface area contributed by atoms with Crippen LogP contribution in [-0.2, 0) is 4.79 Å². The zero-order chi connectivity index (χ0) is 25.2. The molecule has 5 rings (SSSR count). The van der Waals surface area contributed by atoms with Gasteiger partial charge in [0.15, 0.2) is 0 Å². The Balaban J connectivity index is 1.39. The Bertz CT molecular complexity index is 1350. The van der Waals surface area contributed by atoms with E-state index in [1.165, 1.54) is 0 Å². The molecule has 1 saturated carbocycles. The van der Waals surface area contributed by atoms with Gasteiger partial charge in [0.05, 0.1) is 40.5 Å². The number of aromatic nitrogens is 3. The molecular weight excluding hydrogens is 454 g/mol. The van der Waals surface area contributed by atoms with Gasteiger partial charge in [0.1, 0.15) is 11.8 Å². The van der Waals surface area contributed by atoms with Crippen molar-refractivity contribution >= 4 is 22.8 Å². The highest BCUT2D eigenvalue weighted by Gasteiger charge is 2.28. The summed E-state index contributed by atoms with van der Waals surface area (Å²) in [6, 6.07) is 10.4. The Morgan fingerprint density at radius 3 is 2.72 bits per heavy atom. The molecule has 3 aromatic rings. The molecule has 0 radical (unpaired) electrons. The average Bonchev–Trinajstić information content (AvgIpc) is 3.51. The molecule has 4 N–H and O–H groups in total. The Labute approximate surface area is 210 Å². The normalized spacial score (nSPS) is 19.6. The van der Waals surface area contributed by atoms with Crippen LogP contribution in [0, 0.1) is 17.2 Å². The predicted molar refractivity (Wildman–Crippen MR) is 138 cm³/mol. The molecule has 4 heterocycles. The number of nitrogens with zero attached hydrogens (tertiary/aromatic N) is 5. The molecule has 186 valence electrons. The summed E-state index contributed by atoms with van der Waals surface area (Å²) in [6.45, 7) is 5.79. The molecule has 0 unspecified atom stereocenters. The number of fused-ring (bicyclic) bond motifs is 1. The van der Waals surface area contributed by atoms with Crippen molar-refractivity contribution in [2.75, 3.05) is 10.3 Å². The van der Waals surface area contributed by atoms with Crippen molar-refractivity contribution in [1.82, 2.24) is 30.9 Å². The summed E-state index contributed by atoms with van der Waals surface area (Å²) in [6.07, 6.45) is 9.52. The fourth-order valence-electron chi connectivity index (χ4n) is 4.96. The van der Waals surface area contributed by atoms with Gasteiger partial charge in [-0.15, -0.1) is 5.53 Å². The summed E-state index contributed by atoms with van der Waals surface area (Å²) in [5.74, 6) is 0.458. The van der Waals surface area contributed by atoms with E-state index in [1.54, 1.807) is 17.6 Å². The smallest absolute Gasteiger partial charge is 0.217 e. The Hall–Kier alpha value is -4.10. The third-order valence-electron chi connectivity index (χ3n) is 6.64. The summed E-state index contributed by atoms with van der Waals surface area (Å²) in [5.41, 5.74) is 12.6. The van der Waals surface area contributed by atoms with Crippen LogP contribution in [0.4, 0.5) is 11.4 Å². The maximum Gasteiger partial charge on any atom is 0.217 e. The monoisotopic (exact) mass is 485 g/mol. The maximum atomic E-state index is 11.4. The van der Waals surface area contributed by atoms with Crippen LogP contribution >= 0.6 is 0 Å². The first-order valence-electron chi connectivity index (χ1n) is 12.4. The fraction of sp³-hybridized carbons (Fsp3) is 0.385. The first kappa shape index (κ1) is 23.6. The first-order chi connectivity index (χ1) is 17.4. The van der Waals surface area contributed by atoms with Crippen molar-refractivity contribution in [2.24, 2.45) is 5.92 Å². The lowest BCUT2D eigenvalue weighted by Crippen LogP contribution is -2.39. The van der Waals surface area contributed by atoms with Crippen LogP contribution < -0.4 is 26.6 Å². The lowest BCUT2D eigenvalue weighted by molar-refractivity contribution is -0.119. The molecule has 1 aliphatic carbocycles. The fourth-order valence-corrected chi connectivity index (χ4v) is 4.96. The van der Waals surface area contributed by atoms with E-state index in [0.717, 1.165) is 59.7 Å². The lowest BCUT2D eigenvalue weighted by Gasteiger charge is -2.29. The Kier molecular flexibility index (Phi) is 6.48. The van der Waals surface area contributed by atoms with Crippen molar-refractivity contribution in [2.45, 2.75) is 58.5 Å². The molecule has 36 heavy (non-hydrogen) atoms. The van der Waals surface area contributed by atoms with Crippen molar-refractivity contribution < 1.29 is 4.79 Å². The van der Waals surface area contributed by atoms with Crippen molar-refractivity contribution in [3.63, 3.8) is 0 Å². The van der Waals surface area contributed by atoms with Crippen LogP contribution in [-0.4, -0.2) is 32.6 Å². The molecule has 10 heteroatoms. The number of carbonyl (C=O) groups is 1. The summed E-state index contributed by atoms with van der Waals surface area (Å²) >= 11 is 0. The standard InChI is InChI=1S/C26H31N9O/c1-16(2)30-23-11-22(25-9-8-21-10-18(12-27)13-29-35(21)25)28-14-26(23)34-15-24(32-33-34)19-4-6-20(7-5-19)31-17(3)36/h8-11,13-16,19-20,32-33H,4-7H2,1-3H3,(H,28,30)(H,31,36). The molecule has 1 aliphatic heterocycles. The second kappa shape index (κ2) is 9.87. The zero-order valence-electron chi connectivity index (χ0n) is 20.7. The van der Waals surface area contributed by atoms with Crippen LogP contribution in [0.2, 0.25) is 0 Å². The minimum absolute atomic E-state index is 0.0430. The summed E-state index contributed by atoms with van der Waals surface area (Å²) in [5, 5.41) is 22.1. The van der Waals surface area contributed by atoms with Gasteiger partial charge < -0.3 is 16.1 Å². The first-order valence-corrected chi connectivity index (χ1v) is 12.4. The second-order valence-electron chi connectivity index (χ2n) is 9.74. The topological polar surface area (TPSA) is 122 Å². The lowest BCUT2D eigenvalue weighted by atomic mass is 9.84. The number of hydrogen-bond donors (Lipinski definition) is 4. The molecule has 0 spiro atoms. The van der Waals surface area contributed by atoms with Gasteiger partial charge in [-0.05, 0) is 63.8 Å². The molecule has 1 fully saturated rings. The predicted octanol–water partition coefficient (Wildman–Crippen LogP) is 3.45. The van der Waals surface area contributed by atoms with E-state index in [4.69, 9.17) is 10.2 Å². The van der Waals surface area contributed by atoms with Crippen LogP contribution in [0.1, 0.15) is 52.0 Å². The maximum absolute atomic E-state index is 11.4. The van der Waals surface area contributed by atoms with Crippen LogP contribution in [0.25, 0.3) is 16.9 Å². The molecule has 0 atom stereocenters. The highest BCUT2D eigenvalue weighted by Crippen LogP contribution is 2.34. The molecule has 2 aliphatic rings. The van der Waals surface area contributed by atoms with Gasteiger partial charge >= 0.3 is 0 Å². The molecule has 1 amide bonds. The molecule has 3 aromatic heterocycles. The van der Waals surface area contributed by atoms with E-state index in [2.05, 4.69) is 52.8 Å². The Morgan fingerprint density at radius 2 is 2.00 bits per heavy atom. The number of nitriles is 1. The number of anilines is 2. The number of hydrogen-bond acceptors (Lipinski definition) is 8. The largest absolute Gasteiger partial charge is 0.381 e. The number of pyridine rings is 1. The van der Waals surface area contributed by atoms with Gasteiger partial charge in [0.2, 0.25) is 5.91 Å². The van der Waals surface area contributed by atoms with E-state index in [0.29, 0.717) is 11.5 Å². The van der Waals surface area contributed by atoms with Gasteiger partial charge in [-0.1, -0.05) is 0 Å². The third kappa shape index (κ3) is 4.83. The number of hydrazine groups is 2. The summed E-state index contributed by atoms with van der Waals surface area (Å²) in [7, 11) is 0. The average molecular weight is 486 g/mol. The van der Waals surface area contributed by atoms with E-state index in [9.17, 15) is 4.79 Å². The molecular formula is C26H31N9O. The Morgan fingerprint density at radius 1 is 1.19 bits per heavy atom. The summed E-state index contributed by atoms with van der Waals surface area (Å²) < 4.78 is 1.80. The highest BCUT2D eigenvalue weighted by molar-refractivity contribution is 5.76. The zero-order valence-corrected chi connectivity index (χ0v) is 20.7. The molecule has 0 aromatic carbocycles. The van der Waals surface area contributed by atoms with Crippen LogP contribution in [0.15, 0.2) is 48.6 Å². The van der Waals surface area contributed by atoms with Crippen LogP contribution in [0.5, 0.6) is 0 Å². The SMILES string of the molecule is CC(=O)NC1CCC(C2=CN(c3cnc(-c4ccc5cc(C#N)cnn45)cc3NC(C)C)NN2)CC1. The highest BCUT2D eigenvalue weighted by atomic mass is 16.1. The minimum Gasteiger partial charge on any atom is -0.381 e. The number of allylic oxidation sites excluding steroid dienone is 1. The van der Waals surface area contributed by atoms with Crippen molar-refractivity contribution in [1.29, 1.82) is 5.26 Å². The minimum atomic E-state index is 0.0430. The van der Waals surface area contributed by atoms with Gasteiger partial charge in [0.25, 0.3) is 0 Å². The number of amides is 1. The van der Waals surface area contributed by atoms with Crippen molar-refractivity contribution in [3.05, 3.63) is 54.1 Å². The molecule has 0 bridgehead atoms. The van der Waals surface area contributed by atoms with Gasteiger partial charge in [-0.25, -0.2) is 4.52 Å². The third-order valence-corrected chi connectivity index (χ3v) is 6.64. The van der Waals surface area contributed by atoms with Gasteiger partial charge in [-0.2, -0.15) is 10.4 Å². The number of nitrogens with one attached hydrogen (secondary N) is 4. The molecule has 10 nitrogen and oxygen atoms in total. The van der Waals surface area contributed by atoms with Crippen LogP contribution in [0.3, 0.4) is 0 Å². The summed E-state index contributed by atoms with van der Waals surface area (Å²) in [4.78, 5) is 16.1. The quantitative estimate of drug-likeness (QED) is 0.419. The van der Waals surface area contributed by atoms with E-state index < -0.39 is 0 Å². The van der Waals surface area contributed by atoms with E-state index in [1.807, 2.05) is 35.5 Å². The second-order valence-corrected chi connectivity index (χ2v) is 9.74. The van der Waals surface area contributed by atoms with Gasteiger partial charge in [0, 0.05) is 36.8 Å². The van der Waals surface area contributed by atoms with E-state index in [-0.39, 0.29) is 18.0 Å². The number of rotatable bonds is 6.